The number of nitrogens with zero attached hydrogens (tertiary/aromatic N) is 5. The number of aryl methyl sites for hydroxylation is 1. The number of halogens is 1. The van der Waals surface area contributed by atoms with Crippen molar-refractivity contribution in [1.29, 1.82) is 0 Å². The Balaban J connectivity index is 0.00000363. The highest BCUT2D eigenvalue weighted by atomic mass is 127. The molecule has 3 rings (SSSR count). The number of hydrogen-bond donors (Lipinski definition) is 2. The third kappa shape index (κ3) is 7.14. The molecule has 0 bridgehead atoms. The Morgan fingerprint density at radius 3 is 2.53 bits per heavy atom. The highest BCUT2D eigenvalue weighted by Crippen LogP contribution is 2.23. The van der Waals surface area contributed by atoms with Gasteiger partial charge < -0.3 is 15.2 Å². The summed E-state index contributed by atoms with van der Waals surface area (Å²) < 4.78 is 29.2. The first-order chi connectivity index (χ1) is 15.0. The molecule has 0 saturated carbocycles. The second-order valence-corrected chi connectivity index (χ2v) is 9.54. The van der Waals surface area contributed by atoms with E-state index >= 15 is 0 Å². The molecular formula is C21H34IN7O2S. The predicted octanol–water partition coefficient (Wildman–Crippen LogP) is 2.11. The molecular weight excluding hydrogens is 541 g/mol. The van der Waals surface area contributed by atoms with Gasteiger partial charge >= 0.3 is 0 Å². The van der Waals surface area contributed by atoms with Crippen molar-refractivity contribution >= 4 is 40.0 Å². The summed E-state index contributed by atoms with van der Waals surface area (Å²) in [5.74, 6) is 2.14. The average Bonchev–Trinajstić information content (AvgIpc) is 3.26. The van der Waals surface area contributed by atoms with Crippen LogP contribution < -0.4 is 10.6 Å². The SMILES string of the molecule is CCNC(=NCC1CCN(S(=O)(=O)c2ccccc2)CC1)NCCn1cnnc1CC.I. The number of sulfonamides is 1. The maximum Gasteiger partial charge on any atom is 0.243 e. The molecule has 9 nitrogen and oxygen atoms in total. The van der Waals surface area contributed by atoms with Gasteiger partial charge in [-0.2, -0.15) is 4.31 Å². The molecule has 1 aromatic carbocycles. The summed E-state index contributed by atoms with van der Waals surface area (Å²) in [6, 6.07) is 8.66. The summed E-state index contributed by atoms with van der Waals surface area (Å²) in [5, 5.41) is 14.7. The third-order valence-corrected chi connectivity index (χ3v) is 7.38. The van der Waals surface area contributed by atoms with Crippen molar-refractivity contribution in [2.45, 2.75) is 44.6 Å². The van der Waals surface area contributed by atoms with E-state index in [1.165, 1.54) is 0 Å². The lowest BCUT2D eigenvalue weighted by Gasteiger charge is -2.30. The molecule has 0 atom stereocenters. The lowest BCUT2D eigenvalue weighted by Crippen LogP contribution is -2.41. The first-order valence-corrected chi connectivity index (χ1v) is 12.4. The molecule has 1 fully saturated rings. The van der Waals surface area contributed by atoms with E-state index in [1.54, 1.807) is 34.9 Å². The molecule has 0 amide bonds. The van der Waals surface area contributed by atoms with Gasteiger partial charge in [-0.1, -0.05) is 25.1 Å². The number of aromatic nitrogens is 3. The molecule has 0 aliphatic carbocycles. The fraction of sp³-hybridized carbons (Fsp3) is 0.571. The molecule has 1 saturated heterocycles. The summed E-state index contributed by atoms with van der Waals surface area (Å²) in [7, 11) is -3.40. The van der Waals surface area contributed by atoms with Crippen molar-refractivity contribution in [2.24, 2.45) is 10.9 Å². The minimum atomic E-state index is -3.40. The zero-order valence-corrected chi connectivity index (χ0v) is 21.9. The zero-order chi connectivity index (χ0) is 22.1. The van der Waals surface area contributed by atoms with Crippen LogP contribution >= 0.6 is 24.0 Å². The fourth-order valence-electron chi connectivity index (χ4n) is 3.67. The van der Waals surface area contributed by atoms with Crippen molar-refractivity contribution in [3.8, 4) is 0 Å². The smallest absolute Gasteiger partial charge is 0.243 e. The number of benzene rings is 1. The Hall–Kier alpha value is -1.73. The van der Waals surface area contributed by atoms with E-state index in [-0.39, 0.29) is 24.0 Å². The number of piperidine rings is 1. The van der Waals surface area contributed by atoms with Crippen LogP contribution in [0.2, 0.25) is 0 Å². The maximum absolute atomic E-state index is 12.8. The van der Waals surface area contributed by atoms with Crippen LogP contribution in [0.5, 0.6) is 0 Å². The standard InChI is InChI=1S/C21H33N7O2S.HI/c1-3-20-26-25-17-27(20)15-12-23-21(22-4-2)24-16-18-10-13-28(14-11-18)31(29,30)19-8-6-5-7-9-19;/h5-9,17-18H,3-4,10-16H2,1-2H3,(H2,22,23,24);1H. The van der Waals surface area contributed by atoms with Crippen molar-refractivity contribution in [3.05, 3.63) is 42.5 Å². The summed E-state index contributed by atoms with van der Waals surface area (Å²) in [5.41, 5.74) is 0. The maximum atomic E-state index is 12.8. The predicted molar refractivity (Wildman–Crippen MR) is 137 cm³/mol. The number of rotatable bonds is 9. The van der Waals surface area contributed by atoms with Gasteiger partial charge in [-0.25, -0.2) is 8.42 Å². The number of nitrogens with one attached hydrogen (secondary N) is 2. The Morgan fingerprint density at radius 2 is 1.88 bits per heavy atom. The van der Waals surface area contributed by atoms with Gasteiger partial charge in [0.2, 0.25) is 10.0 Å². The van der Waals surface area contributed by atoms with Crippen LogP contribution in [0.1, 0.15) is 32.5 Å². The van der Waals surface area contributed by atoms with Gasteiger partial charge in [0, 0.05) is 45.7 Å². The van der Waals surface area contributed by atoms with Crippen LogP contribution in [0.15, 0.2) is 46.5 Å². The molecule has 11 heteroatoms. The van der Waals surface area contributed by atoms with Gasteiger partial charge in [-0.15, -0.1) is 34.2 Å². The van der Waals surface area contributed by atoms with Gasteiger partial charge in [-0.05, 0) is 37.8 Å². The van der Waals surface area contributed by atoms with E-state index in [0.717, 1.165) is 50.7 Å². The first-order valence-electron chi connectivity index (χ1n) is 11.0. The monoisotopic (exact) mass is 575 g/mol. The summed E-state index contributed by atoms with van der Waals surface area (Å²) >= 11 is 0. The quantitative estimate of drug-likeness (QED) is 0.270. The molecule has 0 spiro atoms. The zero-order valence-electron chi connectivity index (χ0n) is 18.8. The molecule has 32 heavy (non-hydrogen) atoms. The van der Waals surface area contributed by atoms with Crippen molar-refractivity contribution in [3.63, 3.8) is 0 Å². The number of hydrogen-bond acceptors (Lipinski definition) is 5. The Bertz CT molecular complexity index is 942. The fourth-order valence-corrected chi connectivity index (χ4v) is 5.16. The molecule has 2 N–H and O–H groups in total. The van der Waals surface area contributed by atoms with Crippen molar-refractivity contribution in [1.82, 2.24) is 29.7 Å². The Labute approximate surface area is 208 Å². The normalized spacial score (nSPS) is 15.9. The van der Waals surface area contributed by atoms with Crippen LogP contribution in [0.4, 0.5) is 0 Å². The van der Waals surface area contributed by atoms with Crippen LogP contribution in [-0.4, -0.2) is 66.2 Å². The van der Waals surface area contributed by atoms with Crippen LogP contribution in [0.25, 0.3) is 0 Å². The Kier molecular flexibility index (Phi) is 10.9. The largest absolute Gasteiger partial charge is 0.357 e. The highest BCUT2D eigenvalue weighted by molar-refractivity contribution is 14.0. The second-order valence-electron chi connectivity index (χ2n) is 7.60. The molecule has 0 radical (unpaired) electrons. The van der Waals surface area contributed by atoms with Crippen molar-refractivity contribution < 1.29 is 8.42 Å². The molecule has 2 aromatic rings. The topological polar surface area (TPSA) is 105 Å². The minimum Gasteiger partial charge on any atom is -0.357 e. The Morgan fingerprint density at radius 1 is 1.16 bits per heavy atom. The molecule has 2 heterocycles. The van der Waals surface area contributed by atoms with Crippen molar-refractivity contribution in [2.75, 3.05) is 32.7 Å². The van der Waals surface area contributed by atoms with E-state index < -0.39 is 10.0 Å². The first kappa shape index (κ1) is 26.5. The van der Waals surface area contributed by atoms with Gasteiger partial charge in [0.15, 0.2) is 5.96 Å². The van der Waals surface area contributed by atoms with Gasteiger partial charge in [0.05, 0.1) is 4.90 Å². The van der Waals surface area contributed by atoms with E-state index in [2.05, 4.69) is 27.8 Å². The van der Waals surface area contributed by atoms with Crippen LogP contribution in [-0.2, 0) is 23.0 Å². The molecule has 1 aromatic heterocycles. The second kappa shape index (κ2) is 13.1. The lowest BCUT2D eigenvalue weighted by molar-refractivity contribution is 0.278. The minimum absolute atomic E-state index is 0. The highest BCUT2D eigenvalue weighted by Gasteiger charge is 2.29. The number of guanidine groups is 1. The van der Waals surface area contributed by atoms with Gasteiger partial charge in [0.1, 0.15) is 12.2 Å². The molecule has 178 valence electrons. The van der Waals surface area contributed by atoms with Crippen LogP contribution in [0, 0.1) is 5.92 Å². The summed E-state index contributed by atoms with van der Waals surface area (Å²) in [4.78, 5) is 5.10. The van der Waals surface area contributed by atoms with E-state index in [0.29, 0.717) is 30.4 Å². The van der Waals surface area contributed by atoms with Gasteiger partial charge in [0.25, 0.3) is 0 Å². The van der Waals surface area contributed by atoms with E-state index in [9.17, 15) is 8.42 Å². The number of aliphatic imine (C=N–C) groups is 1. The van der Waals surface area contributed by atoms with E-state index in [4.69, 9.17) is 4.99 Å². The lowest BCUT2D eigenvalue weighted by atomic mass is 9.98. The average molecular weight is 576 g/mol. The van der Waals surface area contributed by atoms with Crippen LogP contribution in [0.3, 0.4) is 0 Å². The van der Waals surface area contributed by atoms with E-state index in [1.807, 2.05) is 17.6 Å². The third-order valence-electron chi connectivity index (χ3n) is 5.46. The summed E-state index contributed by atoms with van der Waals surface area (Å²) in [6.45, 7) is 8.15. The summed E-state index contributed by atoms with van der Waals surface area (Å²) in [6.07, 6.45) is 4.24. The molecule has 0 unspecified atom stereocenters. The van der Waals surface area contributed by atoms with Gasteiger partial charge in [-0.3, -0.25) is 4.99 Å². The molecule has 1 aliphatic heterocycles. The molecule has 1 aliphatic rings.